The number of hydrogen-bond acceptors (Lipinski definition) is 3. The van der Waals surface area contributed by atoms with Crippen LogP contribution in [0.2, 0.25) is 0 Å². The van der Waals surface area contributed by atoms with Gasteiger partial charge in [-0.05, 0) is 38.5 Å². The molecular weight excluding hydrogens is 274 g/mol. The van der Waals surface area contributed by atoms with Crippen LogP contribution in [0.4, 0.5) is 25.8 Å². The summed E-state index contributed by atoms with van der Waals surface area (Å²) >= 11 is 0. The molecular formula is C16H18F2N2O. The molecule has 0 atom stereocenters. The summed E-state index contributed by atoms with van der Waals surface area (Å²) in [5.41, 5.74) is 7.44. The first-order chi connectivity index (χ1) is 9.86. The first-order valence-electron chi connectivity index (χ1n) is 6.65. The molecule has 0 saturated heterocycles. The van der Waals surface area contributed by atoms with E-state index in [0.717, 1.165) is 11.6 Å². The number of nitrogens with one attached hydrogen (secondary N) is 1. The molecule has 21 heavy (non-hydrogen) atoms. The van der Waals surface area contributed by atoms with E-state index in [1.807, 2.05) is 0 Å². The Kier molecular flexibility index (Phi) is 4.31. The Bertz CT molecular complexity index is 657. The molecule has 0 spiro atoms. The topological polar surface area (TPSA) is 47.3 Å². The van der Waals surface area contributed by atoms with Crippen molar-refractivity contribution in [2.24, 2.45) is 0 Å². The molecule has 0 amide bonds. The molecule has 3 N–H and O–H groups in total. The quantitative estimate of drug-likeness (QED) is 0.822. The summed E-state index contributed by atoms with van der Waals surface area (Å²) in [7, 11) is 0. The third-order valence-corrected chi connectivity index (χ3v) is 2.86. The summed E-state index contributed by atoms with van der Waals surface area (Å²) < 4.78 is 33.0. The highest BCUT2D eigenvalue weighted by molar-refractivity contribution is 5.74. The molecule has 5 heteroatoms. The Hall–Kier alpha value is -2.30. The Labute approximate surface area is 122 Å². The monoisotopic (exact) mass is 292 g/mol. The van der Waals surface area contributed by atoms with Crippen molar-refractivity contribution in [3.63, 3.8) is 0 Å². The molecule has 0 fully saturated rings. The molecule has 0 bridgehead atoms. The third kappa shape index (κ3) is 3.62. The SMILES string of the molecule is Cc1ccc(Nc2cc(OC(C)C)c(F)cc2N)c(F)c1. The van der Waals surface area contributed by atoms with E-state index in [1.54, 1.807) is 32.9 Å². The third-order valence-electron chi connectivity index (χ3n) is 2.86. The van der Waals surface area contributed by atoms with Crippen LogP contribution in [-0.4, -0.2) is 6.10 Å². The van der Waals surface area contributed by atoms with Crippen molar-refractivity contribution < 1.29 is 13.5 Å². The normalized spacial score (nSPS) is 10.8. The van der Waals surface area contributed by atoms with Gasteiger partial charge in [0.15, 0.2) is 11.6 Å². The minimum atomic E-state index is -0.545. The predicted octanol–water partition coefficient (Wildman–Crippen LogP) is 4.39. The average molecular weight is 292 g/mol. The van der Waals surface area contributed by atoms with Gasteiger partial charge < -0.3 is 15.8 Å². The molecule has 3 nitrogen and oxygen atoms in total. The summed E-state index contributed by atoms with van der Waals surface area (Å²) in [6.07, 6.45) is -0.174. The first kappa shape index (κ1) is 15.1. The maximum atomic E-state index is 13.8. The van der Waals surface area contributed by atoms with Crippen molar-refractivity contribution in [3.05, 3.63) is 47.5 Å². The zero-order valence-electron chi connectivity index (χ0n) is 12.2. The van der Waals surface area contributed by atoms with E-state index in [0.29, 0.717) is 5.69 Å². The zero-order valence-corrected chi connectivity index (χ0v) is 12.2. The van der Waals surface area contributed by atoms with Gasteiger partial charge in [-0.3, -0.25) is 0 Å². The van der Waals surface area contributed by atoms with Crippen molar-refractivity contribution >= 4 is 17.1 Å². The minimum absolute atomic E-state index is 0.0780. The number of rotatable bonds is 4. The predicted molar refractivity (Wildman–Crippen MR) is 81.0 cm³/mol. The van der Waals surface area contributed by atoms with Gasteiger partial charge >= 0.3 is 0 Å². The van der Waals surface area contributed by atoms with Crippen LogP contribution in [0.1, 0.15) is 19.4 Å². The van der Waals surface area contributed by atoms with Gasteiger partial charge in [0.25, 0.3) is 0 Å². The first-order valence-corrected chi connectivity index (χ1v) is 6.65. The molecule has 0 aromatic heterocycles. The molecule has 2 aromatic rings. The Morgan fingerprint density at radius 3 is 2.38 bits per heavy atom. The van der Waals surface area contributed by atoms with Gasteiger partial charge in [0, 0.05) is 12.1 Å². The molecule has 2 rings (SSSR count). The summed E-state index contributed by atoms with van der Waals surface area (Å²) in [5.74, 6) is -0.865. The van der Waals surface area contributed by atoms with Gasteiger partial charge in [-0.25, -0.2) is 8.78 Å². The van der Waals surface area contributed by atoms with Crippen LogP contribution in [-0.2, 0) is 0 Å². The van der Waals surface area contributed by atoms with Gasteiger partial charge in [-0.1, -0.05) is 6.07 Å². The summed E-state index contributed by atoms with van der Waals surface area (Å²) in [6.45, 7) is 5.39. The number of aryl methyl sites for hydroxylation is 1. The lowest BCUT2D eigenvalue weighted by Crippen LogP contribution is -2.08. The number of halogens is 2. The van der Waals surface area contributed by atoms with E-state index < -0.39 is 11.6 Å². The second-order valence-corrected chi connectivity index (χ2v) is 5.14. The maximum Gasteiger partial charge on any atom is 0.167 e. The van der Waals surface area contributed by atoms with Crippen LogP contribution in [0.25, 0.3) is 0 Å². The lowest BCUT2D eigenvalue weighted by molar-refractivity contribution is 0.231. The van der Waals surface area contributed by atoms with Crippen LogP contribution < -0.4 is 15.8 Å². The van der Waals surface area contributed by atoms with E-state index in [2.05, 4.69) is 5.32 Å². The van der Waals surface area contributed by atoms with Crippen molar-refractivity contribution in [1.82, 2.24) is 0 Å². The van der Waals surface area contributed by atoms with Crippen LogP contribution in [0.5, 0.6) is 5.75 Å². The van der Waals surface area contributed by atoms with Gasteiger partial charge in [-0.15, -0.1) is 0 Å². The van der Waals surface area contributed by atoms with E-state index in [-0.39, 0.29) is 23.2 Å². The van der Waals surface area contributed by atoms with Gasteiger partial charge in [0.05, 0.1) is 23.2 Å². The molecule has 0 unspecified atom stereocenters. The second kappa shape index (κ2) is 5.99. The zero-order chi connectivity index (χ0) is 15.6. The molecule has 112 valence electrons. The smallest absolute Gasteiger partial charge is 0.167 e. The standard InChI is InChI=1S/C16H18F2N2O/c1-9(2)21-16-8-15(13(19)7-12(16)18)20-14-5-4-10(3)6-11(14)17/h4-9,20H,19H2,1-3H3. The van der Waals surface area contributed by atoms with Crippen LogP contribution in [0.15, 0.2) is 30.3 Å². The lowest BCUT2D eigenvalue weighted by Gasteiger charge is -2.15. The van der Waals surface area contributed by atoms with E-state index in [4.69, 9.17) is 10.5 Å². The maximum absolute atomic E-state index is 13.8. The fourth-order valence-electron chi connectivity index (χ4n) is 1.89. The Morgan fingerprint density at radius 2 is 1.76 bits per heavy atom. The second-order valence-electron chi connectivity index (χ2n) is 5.14. The summed E-state index contributed by atoms with van der Waals surface area (Å²) in [6, 6.07) is 7.39. The average Bonchev–Trinajstić information content (AvgIpc) is 2.37. The van der Waals surface area contributed by atoms with Crippen LogP contribution in [0.3, 0.4) is 0 Å². The number of anilines is 3. The highest BCUT2D eigenvalue weighted by Gasteiger charge is 2.12. The van der Waals surface area contributed by atoms with Crippen LogP contribution >= 0.6 is 0 Å². The van der Waals surface area contributed by atoms with E-state index in [9.17, 15) is 8.78 Å². The largest absolute Gasteiger partial charge is 0.488 e. The van der Waals surface area contributed by atoms with E-state index >= 15 is 0 Å². The molecule has 0 aliphatic carbocycles. The van der Waals surface area contributed by atoms with Gasteiger partial charge in [0.2, 0.25) is 0 Å². The summed E-state index contributed by atoms with van der Waals surface area (Å²) in [4.78, 5) is 0. The number of benzene rings is 2. The molecule has 0 heterocycles. The summed E-state index contributed by atoms with van der Waals surface area (Å²) in [5, 5.41) is 2.86. The molecule has 0 radical (unpaired) electrons. The molecule has 2 aromatic carbocycles. The number of nitrogens with two attached hydrogens (primary N) is 1. The van der Waals surface area contributed by atoms with Crippen molar-refractivity contribution in [2.45, 2.75) is 26.9 Å². The lowest BCUT2D eigenvalue weighted by atomic mass is 10.2. The Balaban J connectivity index is 2.34. The number of ether oxygens (including phenoxy) is 1. The van der Waals surface area contributed by atoms with Crippen molar-refractivity contribution in [1.29, 1.82) is 0 Å². The van der Waals surface area contributed by atoms with E-state index in [1.165, 1.54) is 12.1 Å². The minimum Gasteiger partial charge on any atom is -0.488 e. The fraction of sp³-hybridized carbons (Fsp3) is 0.250. The number of nitrogen functional groups attached to an aromatic ring is 1. The highest BCUT2D eigenvalue weighted by atomic mass is 19.1. The van der Waals surface area contributed by atoms with Crippen molar-refractivity contribution in [3.8, 4) is 5.75 Å². The molecule has 0 saturated carbocycles. The Morgan fingerprint density at radius 1 is 1.05 bits per heavy atom. The van der Waals surface area contributed by atoms with Gasteiger partial charge in [-0.2, -0.15) is 0 Å². The molecule has 0 aliphatic rings. The van der Waals surface area contributed by atoms with Crippen LogP contribution in [0, 0.1) is 18.6 Å². The highest BCUT2D eigenvalue weighted by Crippen LogP contribution is 2.32. The fourth-order valence-corrected chi connectivity index (χ4v) is 1.89. The van der Waals surface area contributed by atoms with Gasteiger partial charge in [0.1, 0.15) is 5.82 Å². The number of hydrogen-bond donors (Lipinski definition) is 2. The van der Waals surface area contributed by atoms with Crippen molar-refractivity contribution in [2.75, 3.05) is 11.1 Å². The molecule has 0 aliphatic heterocycles.